The number of ether oxygens (including phenoxy) is 1. The molecule has 0 aromatic heterocycles. The largest absolute Gasteiger partial charge is 0.459 e. The maximum absolute atomic E-state index is 11.2. The Hall–Kier alpha value is -0.530. The highest BCUT2D eigenvalue weighted by molar-refractivity contribution is 5.66. The minimum atomic E-state index is -0.254. The SMILES string of the molecule is CCCC1CC(C)C(C)(OC(C)=O)C(C)C1. The maximum Gasteiger partial charge on any atom is 0.303 e. The molecule has 0 spiro atoms. The van der Waals surface area contributed by atoms with Gasteiger partial charge in [-0.1, -0.05) is 33.6 Å². The zero-order valence-electron chi connectivity index (χ0n) is 11.4. The van der Waals surface area contributed by atoms with Crippen molar-refractivity contribution < 1.29 is 9.53 Å². The van der Waals surface area contributed by atoms with E-state index in [0.717, 1.165) is 5.92 Å². The summed E-state index contributed by atoms with van der Waals surface area (Å²) in [6, 6.07) is 0. The van der Waals surface area contributed by atoms with Crippen LogP contribution < -0.4 is 0 Å². The van der Waals surface area contributed by atoms with E-state index in [9.17, 15) is 4.79 Å². The molecule has 0 amide bonds. The molecule has 1 saturated carbocycles. The maximum atomic E-state index is 11.2. The average Bonchev–Trinajstić information content (AvgIpc) is 2.14. The zero-order chi connectivity index (χ0) is 12.3. The van der Waals surface area contributed by atoms with Crippen molar-refractivity contribution in [3.8, 4) is 0 Å². The fraction of sp³-hybridized carbons (Fsp3) is 0.929. The molecule has 0 aliphatic heterocycles. The Labute approximate surface area is 99.8 Å². The van der Waals surface area contributed by atoms with Gasteiger partial charge in [0.05, 0.1) is 0 Å². The zero-order valence-corrected chi connectivity index (χ0v) is 11.4. The number of carbonyl (C=O) groups excluding carboxylic acids is 1. The molecule has 0 radical (unpaired) electrons. The highest BCUT2D eigenvalue weighted by Crippen LogP contribution is 2.44. The first kappa shape index (κ1) is 13.5. The van der Waals surface area contributed by atoms with E-state index in [1.807, 2.05) is 0 Å². The van der Waals surface area contributed by atoms with Crippen LogP contribution in [0.4, 0.5) is 0 Å². The Morgan fingerprint density at radius 3 is 2.19 bits per heavy atom. The molecule has 1 rings (SSSR count). The molecule has 94 valence electrons. The highest BCUT2D eigenvalue weighted by atomic mass is 16.6. The van der Waals surface area contributed by atoms with Crippen molar-refractivity contribution in [3.05, 3.63) is 0 Å². The lowest BCUT2D eigenvalue weighted by Crippen LogP contribution is -2.48. The predicted octanol–water partition coefficient (Wildman–Crippen LogP) is 3.79. The van der Waals surface area contributed by atoms with E-state index in [-0.39, 0.29) is 11.6 Å². The first-order valence-electron chi connectivity index (χ1n) is 6.59. The van der Waals surface area contributed by atoms with Gasteiger partial charge >= 0.3 is 5.97 Å². The van der Waals surface area contributed by atoms with Crippen molar-refractivity contribution in [2.75, 3.05) is 0 Å². The third-order valence-electron chi connectivity index (χ3n) is 4.39. The van der Waals surface area contributed by atoms with E-state index in [2.05, 4.69) is 27.7 Å². The van der Waals surface area contributed by atoms with Crippen LogP contribution >= 0.6 is 0 Å². The van der Waals surface area contributed by atoms with Crippen molar-refractivity contribution in [1.82, 2.24) is 0 Å². The molecule has 1 fully saturated rings. The van der Waals surface area contributed by atoms with Crippen LogP contribution in [0.2, 0.25) is 0 Å². The molecule has 2 heteroatoms. The van der Waals surface area contributed by atoms with E-state index in [1.54, 1.807) is 0 Å². The normalized spacial score (nSPS) is 39.4. The molecule has 0 saturated heterocycles. The van der Waals surface area contributed by atoms with Crippen LogP contribution in [0.25, 0.3) is 0 Å². The van der Waals surface area contributed by atoms with Crippen molar-refractivity contribution in [2.24, 2.45) is 17.8 Å². The first-order valence-corrected chi connectivity index (χ1v) is 6.59. The fourth-order valence-corrected chi connectivity index (χ4v) is 3.20. The van der Waals surface area contributed by atoms with E-state index in [4.69, 9.17) is 4.74 Å². The molecule has 2 nitrogen and oxygen atoms in total. The molecular weight excluding hydrogens is 200 g/mol. The number of hydrogen-bond donors (Lipinski definition) is 0. The number of esters is 1. The van der Waals surface area contributed by atoms with Crippen molar-refractivity contribution in [3.63, 3.8) is 0 Å². The Balaban J connectivity index is 2.71. The van der Waals surface area contributed by atoms with Crippen LogP contribution in [0, 0.1) is 17.8 Å². The Morgan fingerprint density at radius 2 is 1.81 bits per heavy atom. The van der Waals surface area contributed by atoms with Gasteiger partial charge in [-0.15, -0.1) is 0 Å². The van der Waals surface area contributed by atoms with E-state index in [0.29, 0.717) is 11.8 Å². The van der Waals surface area contributed by atoms with Gasteiger partial charge in [0.2, 0.25) is 0 Å². The molecule has 2 unspecified atom stereocenters. The van der Waals surface area contributed by atoms with E-state index >= 15 is 0 Å². The Morgan fingerprint density at radius 1 is 1.31 bits per heavy atom. The van der Waals surface area contributed by atoms with Crippen molar-refractivity contribution in [2.45, 2.75) is 65.9 Å². The summed E-state index contributed by atoms with van der Waals surface area (Å²) in [5.74, 6) is 1.61. The second-order valence-corrected chi connectivity index (χ2v) is 5.71. The summed E-state index contributed by atoms with van der Waals surface area (Å²) < 4.78 is 5.59. The average molecular weight is 226 g/mol. The predicted molar refractivity (Wildman–Crippen MR) is 66.1 cm³/mol. The van der Waals surface area contributed by atoms with Crippen LogP contribution in [-0.4, -0.2) is 11.6 Å². The number of rotatable bonds is 3. The van der Waals surface area contributed by atoms with Gasteiger partial charge < -0.3 is 4.74 Å². The Kier molecular flexibility index (Phi) is 4.40. The van der Waals surface area contributed by atoms with E-state index in [1.165, 1.54) is 32.6 Å². The second-order valence-electron chi connectivity index (χ2n) is 5.71. The summed E-state index contributed by atoms with van der Waals surface area (Å²) >= 11 is 0. The van der Waals surface area contributed by atoms with Crippen LogP contribution in [0.5, 0.6) is 0 Å². The van der Waals surface area contributed by atoms with Crippen molar-refractivity contribution in [1.29, 1.82) is 0 Å². The molecule has 0 bridgehead atoms. The van der Waals surface area contributed by atoms with Gasteiger partial charge in [0.1, 0.15) is 5.60 Å². The van der Waals surface area contributed by atoms with Gasteiger partial charge in [-0.2, -0.15) is 0 Å². The molecule has 0 heterocycles. The molecule has 0 aromatic carbocycles. The van der Waals surface area contributed by atoms with Gasteiger partial charge in [0, 0.05) is 6.92 Å². The van der Waals surface area contributed by atoms with Gasteiger partial charge in [-0.25, -0.2) is 0 Å². The lowest BCUT2D eigenvalue weighted by atomic mass is 9.66. The molecule has 0 N–H and O–H groups in total. The van der Waals surface area contributed by atoms with Crippen LogP contribution in [0.1, 0.15) is 60.3 Å². The van der Waals surface area contributed by atoms with Crippen LogP contribution in [-0.2, 0) is 9.53 Å². The van der Waals surface area contributed by atoms with Crippen LogP contribution in [0.3, 0.4) is 0 Å². The van der Waals surface area contributed by atoms with Gasteiger partial charge in [-0.3, -0.25) is 4.79 Å². The fourth-order valence-electron chi connectivity index (χ4n) is 3.20. The number of carbonyl (C=O) groups is 1. The quantitative estimate of drug-likeness (QED) is 0.684. The summed E-state index contributed by atoms with van der Waals surface area (Å²) in [7, 11) is 0. The standard InChI is InChI=1S/C14H26O2/c1-6-7-13-8-10(2)14(5,11(3)9-13)16-12(4)15/h10-11,13H,6-9H2,1-5H3. The Bertz CT molecular complexity index is 235. The smallest absolute Gasteiger partial charge is 0.303 e. The lowest BCUT2D eigenvalue weighted by molar-refractivity contribution is -0.175. The minimum absolute atomic E-state index is 0.143. The molecular formula is C14H26O2. The van der Waals surface area contributed by atoms with Crippen LogP contribution in [0.15, 0.2) is 0 Å². The van der Waals surface area contributed by atoms with Gasteiger partial charge in [0.25, 0.3) is 0 Å². The number of hydrogen-bond acceptors (Lipinski definition) is 2. The molecule has 1 aliphatic carbocycles. The summed E-state index contributed by atoms with van der Waals surface area (Å²) in [6.45, 7) is 10.3. The van der Waals surface area contributed by atoms with Gasteiger partial charge in [0.15, 0.2) is 0 Å². The summed E-state index contributed by atoms with van der Waals surface area (Å²) in [5.41, 5.74) is -0.254. The minimum Gasteiger partial charge on any atom is -0.459 e. The first-order chi connectivity index (χ1) is 7.40. The summed E-state index contributed by atoms with van der Waals surface area (Å²) in [6.07, 6.45) is 4.96. The molecule has 1 aliphatic rings. The summed E-state index contributed by atoms with van der Waals surface area (Å²) in [5, 5.41) is 0. The molecule has 0 aromatic rings. The van der Waals surface area contributed by atoms with E-state index < -0.39 is 0 Å². The lowest BCUT2D eigenvalue weighted by Gasteiger charge is -2.46. The highest BCUT2D eigenvalue weighted by Gasteiger charge is 2.44. The van der Waals surface area contributed by atoms with Crippen molar-refractivity contribution >= 4 is 5.97 Å². The third kappa shape index (κ3) is 2.78. The summed E-state index contributed by atoms with van der Waals surface area (Å²) in [4.78, 5) is 11.2. The molecule has 2 atom stereocenters. The monoisotopic (exact) mass is 226 g/mol. The molecule has 16 heavy (non-hydrogen) atoms. The topological polar surface area (TPSA) is 26.3 Å². The third-order valence-corrected chi connectivity index (χ3v) is 4.39. The second kappa shape index (κ2) is 5.20. The van der Waals surface area contributed by atoms with Gasteiger partial charge in [-0.05, 0) is 37.5 Å².